The Kier molecular flexibility index (Phi) is 10.4. The molecule has 2 N–H and O–H groups in total. The van der Waals surface area contributed by atoms with Gasteiger partial charge in [-0.05, 0) is 65.9 Å². The molecule has 0 saturated heterocycles. The van der Waals surface area contributed by atoms with Gasteiger partial charge >= 0.3 is 0 Å². The molecule has 0 unspecified atom stereocenters. The summed E-state index contributed by atoms with van der Waals surface area (Å²) in [5.41, 5.74) is 9.73. The zero-order valence-electron chi connectivity index (χ0n) is 20.2. The molecule has 0 aromatic heterocycles. The number of carbonyl (C=O) groups is 1. The van der Waals surface area contributed by atoms with E-state index < -0.39 is 0 Å². The van der Waals surface area contributed by atoms with Crippen molar-refractivity contribution in [1.82, 2.24) is 0 Å². The van der Waals surface area contributed by atoms with E-state index in [1.807, 2.05) is 72.8 Å². The van der Waals surface area contributed by atoms with E-state index >= 15 is 0 Å². The molecule has 0 radical (unpaired) electrons. The second kappa shape index (κ2) is 14.3. The summed E-state index contributed by atoms with van der Waals surface area (Å²) in [5, 5.41) is 0. The number of rotatable bonds is 10. The Bertz CT molecular complexity index is 1130. The number of methoxy groups -OCH3 is 1. The van der Waals surface area contributed by atoms with Gasteiger partial charge in [0.1, 0.15) is 23.9 Å². The lowest BCUT2D eigenvalue weighted by Crippen LogP contribution is -2.02. The van der Waals surface area contributed by atoms with Crippen LogP contribution in [0.25, 0.3) is 0 Å². The Morgan fingerprint density at radius 3 is 1.66 bits per heavy atom. The normalized spacial score (nSPS) is 10.1. The Balaban J connectivity index is 0.000000320. The molecule has 4 nitrogen and oxygen atoms in total. The van der Waals surface area contributed by atoms with Gasteiger partial charge in [-0.15, -0.1) is 0 Å². The zero-order chi connectivity index (χ0) is 24.7. The van der Waals surface area contributed by atoms with Crippen LogP contribution in [-0.4, -0.2) is 12.9 Å². The number of benzene rings is 4. The number of hydrogen-bond donors (Lipinski definition) is 1. The molecule has 0 amide bonds. The minimum absolute atomic E-state index is 0.318. The summed E-state index contributed by atoms with van der Waals surface area (Å²) in [6.07, 6.45) is 2.82. The van der Waals surface area contributed by atoms with E-state index in [0.717, 1.165) is 35.6 Å². The summed E-state index contributed by atoms with van der Waals surface area (Å²) in [5.74, 6) is 2.01. The summed E-state index contributed by atoms with van der Waals surface area (Å²) in [4.78, 5) is 12.1. The minimum atomic E-state index is 0.318. The van der Waals surface area contributed by atoms with Crippen molar-refractivity contribution in [2.45, 2.75) is 32.3 Å². The first-order valence-electron chi connectivity index (χ1n) is 11.8. The van der Waals surface area contributed by atoms with Gasteiger partial charge in [-0.1, -0.05) is 72.8 Å². The minimum Gasteiger partial charge on any atom is -0.497 e. The molecule has 180 valence electrons. The van der Waals surface area contributed by atoms with Gasteiger partial charge in [0.05, 0.1) is 7.11 Å². The largest absolute Gasteiger partial charge is 0.497 e. The number of ketones is 1. The van der Waals surface area contributed by atoms with Crippen LogP contribution >= 0.6 is 0 Å². The third-order valence-corrected chi connectivity index (χ3v) is 5.52. The third kappa shape index (κ3) is 9.76. The fourth-order valence-corrected chi connectivity index (χ4v) is 3.43. The highest BCUT2D eigenvalue weighted by Crippen LogP contribution is 2.16. The number of anilines is 1. The molecular formula is C31H33NO3. The van der Waals surface area contributed by atoms with E-state index in [0.29, 0.717) is 25.2 Å². The number of ether oxygens (including phenoxy) is 2. The molecule has 0 atom stereocenters. The number of nitrogens with two attached hydrogens (primary N) is 1. The summed E-state index contributed by atoms with van der Waals surface area (Å²) >= 11 is 0. The van der Waals surface area contributed by atoms with Gasteiger partial charge in [0.2, 0.25) is 0 Å². The standard InChI is InChI=1S/C24H24O2.C7H9NO/c25-23(15-11-20-7-3-1-4-8-20)16-12-21-13-17-24(18-14-21)26-19-22-9-5-2-6-10-22;1-9-7-4-2-6(8)3-5-7/h1-10,13-14,17-18H,11-12,15-16,19H2;2-5H,8H2,1H3. The molecule has 4 aromatic carbocycles. The highest BCUT2D eigenvalue weighted by atomic mass is 16.5. The molecule has 4 heteroatoms. The van der Waals surface area contributed by atoms with E-state index in [4.69, 9.17) is 15.2 Å². The maximum Gasteiger partial charge on any atom is 0.133 e. The van der Waals surface area contributed by atoms with Crippen LogP contribution in [0.4, 0.5) is 5.69 Å². The van der Waals surface area contributed by atoms with Crippen LogP contribution in [0.3, 0.4) is 0 Å². The predicted octanol–water partition coefficient (Wildman–Crippen LogP) is 6.68. The first kappa shape index (κ1) is 25.6. The summed E-state index contributed by atoms with van der Waals surface area (Å²) in [6, 6.07) is 35.6. The average Bonchev–Trinajstić information content (AvgIpc) is 2.92. The smallest absolute Gasteiger partial charge is 0.133 e. The second-order valence-electron chi connectivity index (χ2n) is 8.22. The van der Waals surface area contributed by atoms with Crippen molar-refractivity contribution in [2.75, 3.05) is 12.8 Å². The SMILES string of the molecule is COc1ccc(N)cc1.O=C(CCc1ccccc1)CCc1ccc(OCc2ccccc2)cc1. The van der Waals surface area contributed by atoms with E-state index in [9.17, 15) is 4.79 Å². The number of Topliss-reactive ketones (excluding diaryl/α,β-unsaturated/α-hetero) is 1. The van der Waals surface area contributed by atoms with Crippen molar-refractivity contribution < 1.29 is 14.3 Å². The Morgan fingerprint density at radius 1 is 0.629 bits per heavy atom. The van der Waals surface area contributed by atoms with Gasteiger partial charge < -0.3 is 15.2 Å². The van der Waals surface area contributed by atoms with Gasteiger partial charge in [-0.3, -0.25) is 4.79 Å². The average molecular weight is 468 g/mol. The van der Waals surface area contributed by atoms with E-state index in [1.165, 1.54) is 11.1 Å². The Morgan fingerprint density at radius 2 is 1.11 bits per heavy atom. The van der Waals surface area contributed by atoms with Gasteiger partial charge in [0, 0.05) is 18.5 Å². The van der Waals surface area contributed by atoms with Crippen molar-refractivity contribution >= 4 is 11.5 Å². The van der Waals surface area contributed by atoms with Crippen molar-refractivity contribution in [3.8, 4) is 11.5 Å². The molecular weight excluding hydrogens is 434 g/mol. The summed E-state index contributed by atoms with van der Waals surface area (Å²) < 4.78 is 10.7. The van der Waals surface area contributed by atoms with Crippen LogP contribution < -0.4 is 15.2 Å². The number of nitrogen functional groups attached to an aromatic ring is 1. The maximum atomic E-state index is 12.1. The van der Waals surface area contributed by atoms with Gasteiger partial charge in [0.25, 0.3) is 0 Å². The molecule has 0 spiro atoms. The van der Waals surface area contributed by atoms with Crippen LogP contribution in [-0.2, 0) is 24.2 Å². The monoisotopic (exact) mass is 467 g/mol. The number of carbonyl (C=O) groups excluding carboxylic acids is 1. The molecule has 0 fully saturated rings. The maximum absolute atomic E-state index is 12.1. The number of aryl methyl sites for hydroxylation is 2. The van der Waals surface area contributed by atoms with Crippen molar-refractivity contribution in [3.05, 3.63) is 126 Å². The Labute approximate surface area is 208 Å². The molecule has 4 aromatic rings. The first-order valence-corrected chi connectivity index (χ1v) is 11.8. The van der Waals surface area contributed by atoms with Crippen molar-refractivity contribution in [3.63, 3.8) is 0 Å². The predicted molar refractivity (Wildman–Crippen MR) is 143 cm³/mol. The van der Waals surface area contributed by atoms with Gasteiger partial charge in [-0.2, -0.15) is 0 Å². The molecule has 0 heterocycles. The highest BCUT2D eigenvalue weighted by Gasteiger charge is 2.04. The second-order valence-corrected chi connectivity index (χ2v) is 8.22. The molecule has 0 saturated carbocycles. The molecule has 0 aliphatic heterocycles. The van der Waals surface area contributed by atoms with Gasteiger partial charge in [0.15, 0.2) is 0 Å². The lowest BCUT2D eigenvalue weighted by Gasteiger charge is -2.07. The number of hydrogen-bond acceptors (Lipinski definition) is 4. The van der Waals surface area contributed by atoms with Crippen LogP contribution in [0.2, 0.25) is 0 Å². The van der Waals surface area contributed by atoms with Crippen LogP contribution in [0.5, 0.6) is 11.5 Å². The molecule has 0 aliphatic rings. The highest BCUT2D eigenvalue weighted by molar-refractivity contribution is 5.78. The first-order chi connectivity index (χ1) is 17.1. The van der Waals surface area contributed by atoms with E-state index in [-0.39, 0.29) is 0 Å². The molecule has 4 rings (SSSR count). The van der Waals surface area contributed by atoms with E-state index in [2.05, 4.69) is 24.3 Å². The van der Waals surface area contributed by atoms with Crippen molar-refractivity contribution in [1.29, 1.82) is 0 Å². The van der Waals surface area contributed by atoms with Gasteiger partial charge in [-0.25, -0.2) is 0 Å². The summed E-state index contributed by atoms with van der Waals surface area (Å²) in [7, 11) is 1.63. The molecule has 0 aliphatic carbocycles. The van der Waals surface area contributed by atoms with Crippen LogP contribution in [0, 0.1) is 0 Å². The zero-order valence-corrected chi connectivity index (χ0v) is 20.2. The fraction of sp³-hybridized carbons (Fsp3) is 0.194. The fourth-order valence-electron chi connectivity index (χ4n) is 3.43. The van der Waals surface area contributed by atoms with Crippen LogP contribution in [0.15, 0.2) is 109 Å². The molecule has 0 bridgehead atoms. The summed E-state index contributed by atoms with van der Waals surface area (Å²) in [6.45, 7) is 0.568. The quantitative estimate of drug-likeness (QED) is 0.264. The van der Waals surface area contributed by atoms with E-state index in [1.54, 1.807) is 19.2 Å². The van der Waals surface area contributed by atoms with Crippen molar-refractivity contribution in [2.24, 2.45) is 0 Å². The lowest BCUT2D eigenvalue weighted by molar-refractivity contribution is -0.119. The molecule has 35 heavy (non-hydrogen) atoms. The lowest BCUT2D eigenvalue weighted by atomic mass is 10.0. The van der Waals surface area contributed by atoms with Crippen LogP contribution in [0.1, 0.15) is 29.5 Å². The topological polar surface area (TPSA) is 61.5 Å². The third-order valence-electron chi connectivity index (χ3n) is 5.52. The Hall–Kier alpha value is -4.05.